The molecule has 0 saturated heterocycles. The van der Waals surface area contributed by atoms with Gasteiger partial charge in [-0.1, -0.05) is 35.5 Å². The molecule has 2 aromatic carbocycles. The molecule has 1 aliphatic heterocycles. The Bertz CT molecular complexity index is 1510. The summed E-state index contributed by atoms with van der Waals surface area (Å²) in [6.07, 6.45) is 1.63. The van der Waals surface area contributed by atoms with Crippen molar-refractivity contribution in [3.8, 4) is 5.75 Å². The normalized spacial score (nSPS) is 18.6. The van der Waals surface area contributed by atoms with Crippen LogP contribution in [0.3, 0.4) is 0 Å². The van der Waals surface area contributed by atoms with Crippen LogP contribution in [0.25, 0.3) is 11.2 Å². The van der Waals surface area contributed by atoms with E-state index < -0.39 is 10.8 Å². The van der Waals surface area contributed by atoms with Crippen LogP contribution >= 0.6 is 10.8 Å². The van der Waals surface area contributed by atoms with Gasteiger partial charge in [0.2, 0.25) is 0 Å². The number of carbonyl (C=O) groups is 1. The van der Waals surface area contributed by atoms with E-state index in [4.69, 9.17) is 9.47 Å². The molecule has 5 rings (SSSR count). The first-order valence-corrected chi connectivity index (χ1v) is 14.4. The third kappa shape index (κ3) is 5.48. The third-order valence-electron chi connectivity index (χ3n) is 6.96. The minimum atomic E-state index is -3.29. The van der Waals surface area contributed by atoms with Gasteiger partial charge in [-0.2, -0.15) is 4.31 Å². The molecule has 0 bridgehead atoms. The van der Waals surface area contributed by atoms with Crippen molar-refractivity contribution < 1.29 is 23.4 Å². The molecule has 0 amide bonds. The Morgan fingerprint density at radius 2 is 2.00 bits per heavy atom. The van der Waals surface area contributed by atoms with Crippen molar-refractivity contribution in [1.29, 1.82) is 0 Å². The quantitative estimate of drug-likeness (QED) is 0.303. The van der Waals surface area contributed by atoms with Crippen molar-refractivity contribution in [2.24, 2.45) is 7.05 Å². The topological polar surface area (TPSA) is 123 Å². The highest BCUT2D eigenvalue weighted by molar-refractivity contribution is 8.22. The zero-order valence-electron chi connectivity index (χ0n) is 22.4. The maximum absolute atomic E-state index is 12.7. The van der Waals surface area contributed by atoms with Gasteiger partial charge >= 0.3 is 5.97 Å². The molecular formula is C28H33N5O5S. The van der Waals surface area contributed by atoms with Crippen LogP contribution in [0.5, 0.6) is 5.75 Å². The first kappa shape index (κ1) is 27.1. The van der Waals surface area contributed by atoms with Crippen molar-refractivity contribution in [3.05, 3.63) is 77.0 Å². The minimum absolute atomic E-state index is 0.126. The number of rotatable bonds is 7. The van der Waals surface area contributed by atoms with Gasteiger partial charge in [0.1, 0.15) is 22.3 Å². The van der Waals surface area contributed by atoms with Crippen LogP contribution in [-0.2, 0) is 23.1 Å². The average Bonchev–Trinajstić information content (AvgIpc) is 3.24. The van der Waals surface area contributed by atoms with Crippen LogP contribution in [0.2, 0.25) is 0 Å². The van der Waals surface area contributed by atoms with E-state index in [9.17, 15) is 13.9 Å². The highest BCUT2D eigenvalue weighted by Gasteiger charge is 2.34. The number of nitrogens with zero attached hydrogens (tertiary/aromatic N) is 5. The molecule has 0 fully saturated rings. The fraction of sp³-hybridized carbons (Fsp3) is 0.357. The number of aromatic nitrogens is 4. The van der Waals surface area contributed by atoms with E-state index in [1.807, 2.05) is 44.2 Å². The maximum atomic E-state index is 12.7. The predicted octanol–water partition coefficient (Wildman–Crippen LogP) is 5.06. The van der Waals surface area contributed by atoms with Crippen molar-refractivity contribution in [3.63, 3.8) is 0 Å². The number of carbonyl (C=O) groups excluding carboxylic acids is 1. The number of ether oxygens (including phenoxy) is 2. The van der Waals surface area contributed by atoms with Gasteiger partial charge in [-0.05, 0) is 61.2 Å². The molecule has 10 nitrogen and oxygen atoms in total. The van der Waals surface area contributed by atoms with Crippen LogP contribution in [0.15, 0.2) is 59.6 Å². The van der Waals surface area contributed by atoms with Gasteiger partial charge < -0.3 is 9.47 Å². The van der Waals surface area contributed by atoms with Crippen LogP contribution in [0.4, 0.5) is 0 Å². The third-order valence-corrected chi connectivity index (χ3v) is 8.88. The summed E-state index contributed by atoms with van der Waals surface area (Å²) in [6, 6.07) is 15.0. The number of aryl methyl sites for hydroxylation is 2. The second-order valence-corrected chi connectivity index (χ2v) is 11.8. The lowest BCUT2D eigenvalue weighted by atomic mass is 9.87. The van der Waals surface area contributed by atoms with Gasteiger partial charge in [0.25, 0.3) is 0 Å². The van der Waals surface area contributed by atoms with Crippen LogP contribution in [0, 0.1) is 6.92 Å². The lowest BCUT2D eigenvalue weighted by Gasteiger charge is -2.42. The predicted molar refractivity (Wildman–Crippen MR) is 149 cm³/mol. The van der Waals surface area contributed by atoms with E-state index >= 15 is 0 Å². The Hall–Kier alpha value is -3.51. The Balaban J connectivity index is 1.52. The van der Waals surface area contributed by atoms with E-state index in [0.29, 0.717) is 35.0 Å². The lowest BCUT2D eigenvalue weighted by Crippen LogP contribution is -2.33. The molecule has 206 valence electrons. The van der Waals surface area contributed by atoms with Gasteiger partial charge in [-0.15, -0.1) is 15.9 Å². The number of hydrogen-bond donors (Lipinski definition) is 2. The number of pyridine rings is 1. The molecule has 11 heteroatoms. The standard InChI is InChI=1S/C28H33N5O5S/c1-5-37-27(34)14-23(21-13-24-28(29-15-21)32(4)31-30-24)20-11-10-18(2)22(12-20)17-33-16-19(3)38-25-8-6-7-9-26(25)39(33,35)36/h6-13,15,19,23,35-36H,5,14,16-17H2,1-4H3. The summed E-state index contributed by atoms with van der Waals surface area (Å²) in [5.74, 6) is -0.165. The number of para-hydroxylation sites is 1. The van der Waals surface area contributed by atoms with E-state index in [1.165, 1.54) is 0 Å². The summed E-state index contributed by atoms with van der Waals surface area (Å²) in [5.41, 5.74) is 4.92. The molecule has 1 aliphatic rings. The van der Waals surface area contributed by atoms with Crippen LogP contribution < -0.4 is 4.74 Å². The molecule has 2 N–H and O–H groups in total. The monoisotopic (exact) mass is 551 g/mol. The summed E-state index contributed by atoms with van der Waals surface area (Å²) in [5, 5.41) is 8.24. The van der Waals surface area contributed by atoms with Gasteiger partial charge in [0.05, 0.1) is 19.6 Å². The number of esters is 1. The van der Waals surface area contributed by atoms with Gasteiger partial charge in [0.15, 0.2) is 5.65 Å². The van der Waals surface area contributed by atoms with Gasteiger partial charge in [0, 0.05) is 25.7 Å². The van der Waals surface area contributed by atoms with E-state index in [0.717, 1.165) is 22.3 Å². The average molecular weight is 552 g/mol. The van der Waals surface area contributed by atoms with E-state index in [-0.39, 0.29) is 31.0 Å². The second-order valence-electron chi connectivity index (χ2n) is 9.79. The van der Waals surface area contributed by atoms with Crippen molar-refractivity contribution in [2.45, 2.75) is 50.7 Å². The number of hydrogen-bond acceptors (Lipinski definition) is 9. The summed E-state index contributed by atoms with van der Waals surface area (Å²) < 4.78 is 37.3. The summed E-state index contributed by atoms with van der Waals surface area (Å²) in [6.45, 7) is 6.61. The summed E-state index contributed by atoms with van der Waals surface area (Å²) in [4.78, 5) is 17.6. The highest BCUT2D eigenvalue weighted by atomic mass is 32.3. The number of benzene rings is 2. The molecule has 0 spiro atoms. The SMILES string of the molecule is CCOC(=O)CC(c1ccc(C)c(CN2CC(C)Oc3ccccc3S2(O)O)c1)c1cnc2c(c1)nnn2C. The van der Waals surface area contributed by atoms with Crippen LogP contribution in [0.1, 0.15) is 48.4 Å². The Morgan fingerprint density at radius 3 is 2.79 bits per heavy atom. The Kier molecular flexibility index (Phi) is 7.59. The molecule has 2 unspecified atom stereocenters. The Labute approximate surface area is 229 Å². The minimum Gasteiger partial charge on any atom is -0.487 e. The van der Waals surface area contributed by atoms with E-state index in [1.54, 1.807) is 47.4 Å². The van der Waals surface area contributed by atoms with Gasteiger partial charge in [-0.25, -0.2) is 9.67 Å². The summed E-state index contributed by atoms with van der Waals surface area (Å²) >= 11 is 0. The molecule has 0 aliphatic carbocycles. The van der Waals surface area contributed by atoms with Crippen molar-refractivity contribution >= 4 is 27.9 Å². The largest absolute Gasteiger partial charge is 0.487 e. The Morgan fingerprint density at radius 1 is 1.21 bits per heavy atom. The molecule has 2 atom stereocenters. The molecule has 0 radical (unpaired) electrons. The molecule has 39 heavy (non-hydrogen) atoms. The lowest BCUT2D eigenvalue weighted by molar-refractivity contribution is -0.143. The maximum Gasteiger partial charge on any atom is 0.306 e. The zero-order chi connectivity index (χ0) is 27.7. The molecule has 0 saturated carbocycles. The second kappa shape index (κ2) is 10.9. The summed E-state index contributed by atoms with van der Waals surface area (Å²) in [7, 11) is -1.51. The number of fused-ring (bicyclic) bond motifs is 2. The highest BCUT2D eigenvalue weighted by Crippen LogP contribution is 2.57. The molecular weight excluding hydrogens is 518 g/mol. The molecule has 2 aromatic heterocycles. The zero-order valence-corrected chi connectivity index (χ0v) is 23.3. The molecule has 4 aromatic rings. The molecule has 3 heterocycles. The first-order chi connectivity index (χ1) is 18.7. The fourth-order valence-electron chi connectivity index (χ4n) is 4.93. The van der Waals surface area contributed by atoms with Crippen molar-refractivity contribution in [1.82, 2.24) is 24.3 Å². The smallest absolute Gasteiger partial charge is 0.306 e. The first-order valence-electron chi connectivity index (χ1n) is 12.9. The van der Waals surface area contributed by atoms with Gasteiger partial charge in [-0.3, -0.25) is 13.9 Å². The van der Waals surface area contributed by atoms with Crippen molar-refractivity contribution in [2.75, 3.05) is 13.2 Å². The van der Waals surface area contributed by atoms with Crippen LogP contribution in [-0.4, -0.2) is 58.6 Å². The fourth-order valence-corrected chi connectivity index (χ4v) is 6.59. The van der Waals surface area contributed by atoms with E-state index in [2.05, 4.69) is 15.3 Å².